The van der Waals surface area contributed by atoms with E-state index in [9.17, 15) is 17.6 Å². The number of rotatable bonds is 7. The van der Waals surface area contributed by atoms with Gasteiger partial charge in [0.05, 0.1) is 22.5 Å². The van der Waals surface area contributed by atoms with E-state index in [-0.39, 0.29) is 36.3 Å². The van der Waals surface area contributed by atoms with Crippen LogP contribution in [0.4, 0.5) is 4.39 Å². The number of aromatic nitrogens is 2. The molecule has 1 aromatic heterocycles. The molecule has 3 rings (SSSR count). The first-order valence-electron chi connectivity index (χ1n) is 9.90. The molecule has 0 unspecified atom stereocenters. The number of allylic oxidation sites excluding steroid dienone is 1. The molecule has 0 fully saturated rings. The minimum absolute atomic E-state index is 0. The zero-order valence-corrected chi connectivity index (χ0v) is 20.4. The molecule has 8 nitrogen and oxygen atoms in total. The normalized spacial score (nSPS) is 12.0. The number of aryl methyl sites for hydroxylation is 1. The van der Waals surface area contributed by atoms with Gasteiger partial charge in [-0.25, -0.2) is 22.5 Å². The highest BCUT2D eigenvalue weighted by molar-refractivity contribution is 7.89. The highest BCUT2D eigenvalue weighted by atomic mass is 35.5. The van der Waals surface area contributed by atoms with Crippen LogP contribution in [0.5, 0.6) is 0 Å². The Balaban J connectivity index is 0.00000385. The smallest absolute Gasteiger partial charge is 0.253 e. The summed E-state index contributed by atoms with van der Waals surface area (Å²) in [6, 6.07) is 9.73. The van der Waals surface area contributed by atoms with Gasteiger partial charge in [-0.2, -0.15) is 0 Å². The Morgan fingerprint density at radius 2 is 1.97 bits per heavy atom. The average molecular weight is 496 g/mol. The average Bonchev–Trinajstić information content (AvgIpc) is 3.07. The van der Waals surface area contributed by atoms with Crippen molar-refractivity contribution in [3.05, 3.63) is 59.7 Å². The van der Waals surface area contributed by atoms with Gasteiger partial charge in [0, 0.05) is 31.8 Å². The molecule has 0 aliphatic carbocycles. The lowest BCUT2D eigenvalue weighted by atomic mass is 10.0. The highest BCUT2D eigenvalue weighted by Gasteiger charge is 2.20. The molecule has 0 aliphatic heterocycles. The number of carbonyl (C=O) groups excluding carboxylic acids is 1. The Kier molecular flexibility index (Phi) is 8.36. The van der Waals surface area contributed by atoms with Gasteiger partial charge in [-0.05, 0) is 49.9 Å². The van der Waals surface area contributed by atoms with Crippen molar-refractivity contribution in [2.45, 2.75) is 18.4 Å². The fourth-order valence-corrected chi connectivity index (χ4v) is 4.21. The molecule has 33 heavy (non-hydrogen) atoms. The van der Waals surface area contributed by atoms with Crippen LogP contribution in [0.25, 0.3) is 22.2 Å². The van der Waals surface area contributed by atoms with E-state index in [1.165, 1.54) is 30.2 Å². The summed E-state index contributed by atoms with van der Waals surface area (Å²) < 4.78 is 42.9. The number of amides is 1. The largest absolute Gasteiger partial charge is 0.345 e. The zero-order valence-electron chi connectivity index (χ0n) is 18.8. The monoisotopic (exact) mass is 495 g/mol. The third-order valence-corrected chi connectivity index (χ3v) is 6.48. The summed E-state index contributed by atoms with van der Waals surface area (Å²) in [7, 11) is 0.946. The van der Waals surface area contributed by atoms with Crippen molar-refractivity contribution >= 4 is 39.4 Å². The number of nitrogens with one attached hydrogen (secondary N) is 1. The number of nitrogens with zero attached hydrogens (tertiary/aromatic N) is 3. The summed E-state index contributed by atoms with van der Waals surface area (Å²) in [5.74, 6) is -0.103. The van der Waals surface area contributed by atoms with E-state index >= 15 is 0 Å². The lowest BCUT2D eigenvalue weighted by molar-refractivity contribution is 0.0827. The molecule has 2 aromatic carbocycles. The molecular weight excluding hydrogens is 469 g/mol. The number of hydrogen-bond acceptors (Lipinski definition) is 5. The number of benzene rings is 2. The highest BCUT2D eigenvalue weighted by Crippen LogP contribution is 2.32. The van der Waals surface area contributed by atoms with Crippen LogP contribution in [-0.4, -0.2) is 56.5 Å². The van der Waals surface area contributed by atoms with Gasteiger partial charge in [0.2, 0.25) is 10.0 Å². The summed E-state index contributed by atoms with van der Waals surface area (Å²) in [6.07, 6.45) is 1.28. The Morgan fingerprint density at radius 1 is 1.27 bits per heavy atom. The molecule has 0 spiro atoms. The first-order chi connectivity index (χ1) is 15.1. The van der Waals surface area contributed by atoms with Crippen LogP contribution in [-0.2, 0) is 16.6 Å². The van der Waals surface area contributed by atoms with Gasteiger partial charge in [0.15, 0.2) is 0 Å². The van der Waals surface area contributed by atoms with E-state index in [2.05, 4.69) is 9.71 Å². The van der Waals surface area contributed by atoms with Crippen LogP contribution in [0.3, 0.4) is 0 Å². The molecule has 0 bridgehead atoms. The number of fused-ring (bicyclic) bond motifs is 1. The molecule has 178 valence electrons. The van der Waals surface area contributed by atoms with Crippen molar-refractivity contribution < 1.29 is 17.6 Å². The molecule has 3 aromatic rings. The van der Waals surface area contributed by atoms with Crippen LogP contribution < -0.4 is 10.5 Å². The van der Waals surface area contributed by atoms with Crippen molar-refractivity contribution in [2.24, 2.45) is 5.73 Å². The summed E-state index contributed by atoms with van der Waals surface area (Å²) in [5, 5.41) is 0. The lowest BCUT2D eigenvalue weighted by Gasteiger charge is -2.14. The fraction of sp³-hybridized carbons (Fsp3) is 0.273. The summed E-state index contributed by atoms with van der Waals surface area (Å²) in [5.41, 5.74) is 8.05. The molecular formula is C22H27ClFN5O3S. The second-order valence-electron chi connectivity index (χ2n) is 7.46. The van der Waals surface area contributed by atoms with Gasteiger partial charge in [-0.3, -0.25) is 4.79 Å². The van der Waals surface area contributed by atoms with Crippen molar-refractivity contribution in [1.29, 1.82) is 0 Å². The van der Waals surface area contributed by atoms with Crippen LogP contribution >= 0.6 is 12.4 Å². The minimum Gasteiger partial charge on any atom is -0.345 e. The third-order valence-electron chi connectivity index (χ3n) is 5.07. The molecule has 11 heteroatoms. The SMILES string of the molecule is CNS(=O)(=O)c1cccc(-c2cc(C(=O)N(C)C)cc3c2nc(C)n3C/C(F)=C/CN)c1.Cl. The van der Waals surface area contributed by atoms with Crippen molar-refractivity contribution in [3.8, 4) is 11.1 Å². The maximum atomic E-state index is 14.3. The maximum absolute atomic E-state index is 14.3. The molecule has 1 amide bonds. The topological polar surface area (TPSA) is 110 Å². The Hall–Kier alpha value is -2.79. The second-order valence-corrected chi connectivity index (χ2v) is 9.34. The van der Waals surface area contributed by atoms with Gasteiger partial charge in [-0.1, -0.05) is 12.1 Å². The van der Waals surface area contributed by atoms with Gasteiger partial charge < -0.3 is 15.2 Å². The summed E-state index contributed by atoms with van der Waals surface area (Å²) in [6.45, 7) is 1.74. The predicted molar refractivity (Wildman–Crippen MR) is 130 cm³/mol. The van der Waals surface area contributed by atoms with E-state index in [0.29, 0.717) is 33.5 Å². The van der Waals surface area contributed by atoms with Crippen molar-refractivity contribution in [3.63, 3.8) is 0 Å². The van der Waals surface area contributed by atoms with Crippen LogP contribution in [0.15, 0.2) is 53.2 Å². The molecule has 0 radical (unpaired) electrons. The number of halogens is 2. The summed E-state index contributed by atoms with van der Waals surface area (Å²) in [4.78, 5) is 18.9. The molecule has 0 saturated carbocycles. The first kappa shape index (κ1) is 26.5. The number of imidazole rings is 1. The van der Waals surface area contributed by atoms with Gasteiger partial charge in [0.1, 0.15) is 11.7 Å². The van der Waals surface area contributed by atoms with E-state index in [4.69, 9.17) is 5.73 Å². The van der Waals surface area contributed by atoms with Gasteiger partial charge >= 0.3 is 0 Å². The van der Waals surface area contributed by atoms with Gasteiger partial charge in [-0.15, -0.1) is 12.4 Å². The van der Waals surface area contributed by atoms with E-state index in [0.717, 1.165) is 0 Å². The number of nitrogens with two attached hydrogens (primary N) is 1. The van der Waals surface area contributed by atoms with E-state index in [1.54, 1.807) is 49.9 Å². The third kappa shape index (κ3) is 5.41. The summed E-state index contributed by atoms with van der Waals surface area (Å²) >= 11 is 0. The number of sulfonamides is 1. The molecule has 0 saturated heterocycles. The second kappa shape index (κ2) is 10.4. The number of carbonyl (C=O) groups is 1. The molecule has 1 heterocycles. The van der Waals surface area contributed by atoms with Crippen LogP contribution in [0.1, 0.15) is 16.2 Å². The molecule has 3 N–H and O–H groups in total. The maximum Gasteiger partial charge on any atom is 0.253 e. The van der Waals surface area contributed by atoms with Crippen LogP contribution in [0.2, 0.25) is 0 Å². The lowest BCUT2D eigenvalue weighted by Crippen LogP contribution is -2.21. The van der Waals surface area contributed by atoms with E-state index in [1.807, 2.05) is 0 Å². The fourth-order valence-electron chi connectivity index (χ4n) is 3.43. The van der Waals surface area contributed by atoms with Crippen LogP contribution in [0, 0.1) is 6.92 Å². The standard InChI is InChI=1S/C22H26FN5O3S.ClH/c1-14-26-21-19(15-6-5-7-18(10-15)32(30,31)25-2)11-16(22(29)27(3)4)12-20(21)28(14)13-17(23)8-9-24;/h5-8,10-12,25H,9,13,24H2,1-4H3;1H/b17-8-;. The number of hydrogen-bond donors (Lipinski definition) is 2. The Bertz CT molecular complexity index is 1320. The Morgan fingerprint density at radius 3 is 2.58 bits per heavy atom. The van der Waals surface area contributed by atoms with E-state index < -0.39 is 15.9 Å². The zero-order chi connectivity index (χ0) is 23.6. The van der Waals surface area contributed by atoms with Gasteiger partial charge in [0.25, 0.3) is 5.91 Å². The quantitative estimate of drug-likeness (QED) is 0.523. The molecule has 0 atom stereocenters. The first-order valence-corrected chi connectivity index (χ1v) is 11.4. The van der Waals surface area contributed by atoms with Crippen molar-refractivity contribution in [2.75, 3.05) is 27.7 Å². The molecule has 0 aliphatic rings. The predicted octanol–water partition coefficient (Wildman–Crippen LogP) is 2.86. The van der Waals surface area contributed by atoms with Crippen molar-refractivity contribution in [1.82, 2.24) is 19.2 Å². The minimum atomic E-state index is -3.67. The Labute approximate surface area is 198 Å².